The molecule has 0 heterocycles. The second kappa shape index (κ2) is 6.87. The van der Waals surface area contributed by atoms with Gasteiger partial charge in [0.05, 0.1) is 0 Å². The van der Waals surface area contributed by atoms with Gasteiger partial charge in [-0.05, 0) is 60.8 Å². The minimum absolute atomic E-state index is 0.108. The molecule has 0 spiro atoms. The number of aryl methyl sites for hydroxylation is 1. The number of halogens is 2. The Morgan fingerprint density at radius 3 is 2.50 bits per heavy atom. The normalized spacial score (nSPS) is 12.4. The van der Waals surface area contributed by atoms with Crippen molar-refractivity contribution < 1.29 is 4.39 Å². The van der Waals surface area contributed by atoms with Crippen LogP contribution in [0.15, 0.2) is 42.5 Å². The summed E-state index contributed by atoms with van der Waals surface area (Å²) in [4.78, 5) is 0. The molecule has 0 aromatic heterocycles. The van der Waals surface area contributed by atoms with Gasteiger partial charge in [-0.3, -0.25) is 0 Å². The molecule has 2 aromatic rings. The molecule has 0 aliphatic rings. The molecule has 2 rings (SSSR count). The first-order chi connectivity index (χ1) is 9.60. The summed E-state index contributed by atoms with van der Waals surface area (Å²) >= 11 is 5.91. The Morgan fingerprint density at radius 2 is 1.85 bits per heavy atom. The number of hydrogen-bond donors (Lipinski definition) is 1. The zero-order valence-electron chi connectivity index (χ0n) is 11.8. The number of hydrogen-bond acceptors (Lipinski definition) is 1. The van der Waals surface area contributed by atoms with Crippen LogP contribution in [0, 0.1) is 12.7 Å². The van der Waals surface area contributed by atoms with Gasteiger partial charge < -0.3 is 5.32 Å². The van der Waals surface area contributed by atoms with Crippen LogP contribution in [-0.2, 0) is 6.42 Å². The number of likely N-dealkylation sites (N-methyl/N-ethyl adjacent to an activating group) is 1. The number of benzene rings is 2. The molecule has 0 saturated carbocycles. The zero-order valence-corrected chi connectivity index (χ0v) is 12.5. The molecule has 1 unspecified atom stereocenters. The Balaban J connectivity index is 2.26. The fourth-order valence-electron chi connectivity index (χ4n) is 2.38. The fourth-order valence-corrected chi connectivity index (χ4v) is 2.51. The topological polar surface area (TPSA) is 12.0 Å². The van der Waals surface area contributed by atoms with Crippen molar-refractivity contribution in [1.29, 1.82) is 0 Å². The minimum Gasteiger partial charge on any atom is -0.310 e. The molecule has 0 aliphatic carbocycles. The molecule has 0 fully saturated rings. The molecular weight excluding hydrogens is 273 g/mol. The van der Waals surface area contributed by atoms with Crippen LogP contribution < -0.4 is 5.32 Å². The summed E-state index contributed by atoms with van der Waals surface area (Å²) in [5, 5.41) is 4.16. The van der Waals surface area contributed by atoms with Crippen molar-refractivity contribution in [2.75, 3.05) is 6.54 Å². The molecule has 2 aromatic carbocycles. The first-order valence-electron chi connectivity index (χ1n) is 6.84. The van der Waals surface area contributed by atoms with Crippen LogP contribution in [0.5, 0.6) is 0 Å². The Morgan fingerprint density at radius 1 is 1.15 bits per heavy atom. The highest BCUT2D eigenvalue weighted by molar-refractivity contribution is 6.30. The van der Waals surface area contributed by atoms with Gasteiger partial charge >= 0.3 is 0 Å². The van der Waals surface area contributed by atoms with E-state index in [1.807, 2.05) is 37.3 Å². The third-order valence-corrected chi connectivity index (χ3v) is 3.67. The number of nitrogens with one attached hydrogen (secondary N) is 1. The summed E-state index contributed by atoms with van der Waals surface area (Å²) in [5.41, 5.74) is 3.30. The van der Waals surface area contributed by atoms with Crippen LogP contribution in [0.4, 0.5) is 4.39 Å². The van der Waals surface area contributed by atoms with Crippen molar-refractivity contribution in [1.82, 2.24) is 5.32 Å². The largest absolute Gasteiger partial charge is 0.310 e. The second-order valence-corrected chi connectivity index (χ2v) is 5.38. The van der Waals surface area contributed by atoms with E-state index >= 15 is 0 Å². The van der Waals surface area contributed by atoms with Gasteiger partial charge in [-0.2, -0.15) is 0 Å². The van der Waals surface area contributed by atoms with Gasteiger partial charge in [0, 0.05) is 11.1 Å². The molecule has 106 valence electrons. The predicted molar refractivity (Wildman–Crippen MR) is 82.7 cm³/mol. The molecular formula is C17H19ClFN. The summed E-state index contributed by atoms with van der Waals surface area (Å²) < 4.78 is 13.5. The predicted octanol–water partition coefficient (Wildman–Crippen LogP) is 4.68. The molecule has 1 N–H and O–H groups in total. The Labute approximate surface area is 124 Å². The van der Waals surface area contributed by atoms with E-state index < -0.39 is 0 Å². The van der Waals surface area contributed by atoms with Crippen LogP contribution in [-0.4, -0.2) is 6.54 Å². The molecule has 0 saturated heterocycles. The lowest BCUT2D eigenvalue weighted by Gasteiger charge is -2.20. The first kappa shape index (κ1) is 15.0. The SMILES string of the molecule is CCNC(Cc1ccc(Cl)cc1)c1cc(F)ccc1C. The smallest absolute Gasteiger partial charge is 0.123 e. The third-order valence-electron chi connectivity index (χ3n) is 3.42. The fraction of sp³-hybridized carbons (Fsp3) is 0.294. The maximum atomic E-state index is 13.5. The summed E-state index contributed by atoms with van der Waals surface area (Å²) in [5.74, 6) is -0.190. The van der Waals surface area contributed by atoms with Gasteiger partial charge in [0.25, 0.3) is 0 Å². The van der Waals surface area contributed by atoms with Crippen molar-refractivity contribution in [2.24, 2.45) is 0 Å². The van der Waals surface area contributed by atoms with Gasteiger partial charge in [0.2, 0.25) is 0 Å². The zero-order chi connectivity index (χ0) is 14.5. The average Bonchev–Trinajstić information content (AvgIpc) is 2.43. The lowest BCUT2D eigenvalue weighted by molar-refractivity contribution is 0.540. The first-order valence-corrected chi connectivity index (χ1v) is 7.22. The van der Waals surface area contributed by atoms with Crippen molar-refractivity contribution in [3.8, 4) is 0 Å². The van der Waals surface area contributed by atoms with E-state index in [1.165, 1.54) is 11.6 Å². The maximum Gasteiger partial charge on any atom is 0.123 e. The molecule has 0 bridgehead atoms. The molecule has 0 amide bonds. The van der Waals surface area contributed by atoms with Gasteiger partial charge in [-0.15, -0.1) is 0 Å². The van der Waals surface area contributed by atoms with Crippen molar-refractivity contribution in [3.05, 3.63) is 70.0 Å². The molecule has 1 nitrogen and oxygen atoms in total. The van der Waals surface area contributed by atoms with Crippen molar-refractivity contribution >= 4 is 11.6 Å². The van der Waals surface area contributed by atoms with E-state index in [1.54, 1.807) is 6.07 Å². The monoisotopic (exact) mass is 291 g/mol. The van der Waals surface area contributed by atoms with Gasteiger partial charge in [0.15, 0.2) is 0 Å². The van der Waals surface area contributed by atoms with Gasteiger partial charge in [0.1, 0.15) is 5.82 Å². The summed E-state index contributed by atoms with van der Waals surface area (Å²) in [6.45, 7) is 4.92. The minimum atomic E-state index is -0.190. The van der Waals surface area contributed by atoms with E-state index in [2.05, 4.69) is 12.2 Å². The van der Waals surface area contributed by atoms with Crippen LogP contribution in [0.3, 0.4) is 0 Å². The molecule has 20 heavy (non-hydrogen) atoms. The summed E-state index contributed by atoms with van der Waals surface area (Å²) in [6, 6.07) is 12.9. The Bertz CT molecular complexity index is 566. The van der Waals surface area contributed by atoms with E-state index in [0.717, 1.165) is 29.1 Å². The van der Waals surface area contributed by atoms with E-state index in [-0.39, 0.29) is 11.9 Å². The molecule has 0 aliphatic heterocycles. The maximum absolute atomic E-state index is 13.5. The average molecular weight is 292 g/mol. The second-order valence-electron chi connectivity index (χ2n) is 4.94. The third kappa shape index (κ3) is 3.81. The van der Waals surface area contributed by atoms with Crippen LogP contribution >= 0.6 is 11.6 Å². The van der Waals surface area contributed by atoms with Crippen LogP contribution in [0.25, 0.3) is 0 Å². The van der Waals surface area contributed by atoms with E-state index in [0.29, 0.717) is 0 Å². The summed E-state index contributed by atoms with van der Waals surface area (Å²) in [7, 11) is 0. The van der Waals surface area contributed by atoms with E-state index in [9.17, 15) is 4.39 Å². The lowest BCUT2D eigenvalue weighted by Crippen LogP contribution is -2.23. The van der Waals surface area contributed by atoms with Crippen LogP contribution in [0.1, 0.15) is 29.7 Å². The molecule has 0 radical (unpaired) electrons. The Kier molecular flexibility index (Phi) is 5.16. The Hall–Kier alpha value is -1.38. The van der Waals surface area contributed by atoms with Gasteiger partial charge in [-0.25, -0.2) is 4.39 Å². The van der Waals surface area contributed by atoms with E-state index in [4.69, 9.17) is 11.6 Å². The lowest BCUT2D eigenvalue weighted by atomic mass is 9.95. The number of rotatable bonds is 5. The van der Waals surface area contributed by atoms with Crippen molar-refractivity contribution in [2.45, 2.75) is 26.3 Å². The van der Waals surface area contributed by atoms with Crippen molar-refractivity contribution in [3.63, 3.8) is 0 Å². The highest BCUT2D eigenvalue weighted by Crippen LogP contribution is 2.23. The van der Waals surface area contributed by atoms with Crippen LogP contribution in [0.2, 0.25) is 5.02 Å². The summed E-state index contributed by atoms with van der Waals surface area (Å²) in [6.07, 6.45) is 0.815. The highest BCUT2D eigenvalue weighted by atomic mass is 35.5. The quantitative estimate of drug-likeness (QED) is 0.843. The van der Waals surface area contributed by atoms with Gasteiger partial charge in [-0.1, -0.05) is 36.7 Å². The standard InChI is InChI=1S/C17H19ClFN/c1-3-20-17(10-13-5-7-14(18)8-6-13)16-11-15(19)9-4-12(16)2/h4-9,11,17,20H,3,10H2,1-2H3. The molecule has 3 heteroatoms. The molecule has 1 atom stereocenters. The highest BCUT2D eigenvalue weighted by Gasteiger charge is 2.14.